The topological polar surface area (TPSA) is 32.3 Å². The lowest BCUT2D eigenvalue weighted by atomic mass is 9.94. The largest absolute Gasteiger partial charge is 0.396 e. The molecule has 0 bridgehead atoms. The zero-order valence-corrected chi connectivity index (χ0v) is 12.9. The van der Waals surface area contributed by atoms with Crippen molar-refractivity contribution in [3.05, 3.63) is 71.3 Å². The third kappa shape index (κ3) is 4.42. The van der Waals surface area contributed by atoms with Crippen molar-refractivity contribution in [2.24, 2.45) is 0 Å². The van der Waals surface area contributed by atoms with Crippen molar-refractivity contribution >= 4 is 0 Å². The molecule has 2 aromatic carbocycles. The third-order valence-corrected chi connectivity index (χ3v) is 3.88. The van der Waals surface area contributed by atoms with Crippen LogP contribution in [0.5, 0.6) is 0 Å². The Hall–Kier alpha value is -1.64. The lowest BCUT2D eigenvalue weighted by molar-refractivity contribution is 0.275. The number of rotatable bonds is 7. The summed E-state index contributed by atoms with van der Waals surface area (Å²) in [6.07, 6.45) is 1.81. The molecule has 2 atom stereocenters. The van der Waals surface area contributed by atoms with E-state index in [-0.39, 0.29) is 12.6 Å². The highest BCUT2D eigenvalue weighted by atomic mass is 16.2. The average Bonchev–Trinajstić information content (AvgIpc) is 2.52. The van der Waals surface area contributed by atoms with Crippen LogP contribution in [0.25, 0.3) is 0 Å². The van der Waals surface area contributed by atoms with Gasteiger partial charge in [-0.1, -0.05) is 54.6 Å². The molecule has 0 fully saturated rings. The van der Waals surface area contributed by atoms with Crippen molar-refractivity contribution in [1.29, 1.82) is 0 Å². The van der Waals surface area contributed by atoms with Crippen LogP contribution in [0.4, 0.5) is 0 Å². The van der Waals surface area contributed by atoms with Gasteiger partial charge in [-0.3, -0.25) is 0 Å². The fourth-order valence-electron chi connectivity index (χ4n) is 2.69. The summed E-state index contributed by atoms with van der Waals surface area (Å²) in [4.78, 5) is 0. The van der Waals surface area contributed by atoms with E-state index in [2.05, 4.69) is 67.7 Å². The SMILES string of the molecule is Cc1ccccc1C(NC(C)CCCO)c1ccccc1. The molecule has 2 aromatic rings. The molecular weight excluding hydrogens is 258 g/mol. The number of hydrogen-bond acceptors (Lipinski definition) is 2. The summed E-state index contributed by atoms with van der Waals surface area (Å²) >= 11 is 0. The maximum Gasteiger partial charge on any atom is 0.0581 e. The van der Waals surface area contributed by atoms with Crippen LogP contribution in [0.15, 0.2) is 54.6 Å². The quantitative estimate of drug-likeness (QED) is 0.809. The Kier molecular flexibility index (Phi) is 5.97. The first-order valence-electron chi connectivity index (χ1n) is 7.69. The molecule has 2 unspecified atom stereocenters. The third-order valence-electron chi connectivity index (χ3n) is 3.88. The predicted molar refractivity (Wildman–Crippen MR) is 88.4 cm³/mol. The van der Waals surface area contributed by atoms with Gasteiger partial charge in [-0.25, -0.2) is 0 Å². The van der Waals surface area contributed by atoms with E-state index < -0.39 is 0 Å². The molecule has 0 aliphatic heterocycles. The van der Waals surface area contributed by atoms with E-state index in [4.69, 9.17) is 5.11 Å². The van der Waals surface area contributed by atoms with E-state index in [1.165, 1.54) is 16.7 Å². The normalized spacial score (nSPS) is 13.9. The molecule has 0 aliphatic carbocycles. The van der Waals surface area contributed by atoms with E-state index in [0.717, 1.165) is 12.8 Å². The van der Waals surface area contributed by atoms with Crippen LogP contribution in [-0.4, -0.2) is 17.8 Å². The molecule has 2 nitrogen and oxygen atoms in total. The molecular formula is C19H25NO. The summed E-state index contributed by atoms with van der Waals surface area (Å²) in [6.45, 7) is 4.60. The van der Waals surface area contributed by atoms with E-state index >= 15 is 0 Å². The summed E-state index contributed by atoms with van der Waals surface area (Å²) in [5, 5.41) is 12.7. The minimum Gasteiger partial charge on any atom is -0.396 e. The first-order valence-corrected chi connectivity index (χ1v) is 7.69. The highest BCUT2D eigenvalue weighted by molar-refractivity contribution is 5.36. The van der Waals surface area contributed by atoms with Gasteiger partial charge in [0.1, 0.15) is 0 Å². The number of aryl methyl sites for hydroxylation is 1. The van der Waals surface area contributed by atoms with Crippen LogP contribution in [0.3, 0.4) is 0 Å². The van der Waals surface area contributed by atoms with Crippen molar-refractivity contribution in [1.82, 2.24) is 5.32 Å². The molecule has 0 aliphatic rings. The van der Waals surface area contributed by atoms with Gasteiger partial charge in [0.25, 0.3) is 0 Å². The Balaban J connectivity index is 2.25. The highest BCUT2D eigenvalue weighted by Gasteiger charge is 2.17. The summed E-state index contributed by atoms with van der Waals surface area (Å²) < 4.78 is 0. The van der Waals surface area contributed by atoms with Crippen molar-refractivity contribution in [2.75, 3.05) is 6.61 Å². The smallest absolute Gasteiger partial charge is 0.0581 e. The monoisotopic (exact) mass is 283 g/mol. The second-order valence-electron chi connectivity index (χ2n) is 5.63. The van der Waals surface area contributed by atoms with E-state index in [0.29, 0.717) is 6.04 Å². The van der Waals surface area contributed by atoms with Gasteiger partial charge in [0.05, 0.1) is 6.04 Å². The zero-order valence-electron chi connectivity index (χ0n) is 12.9. The maximum absolute atomic E-state index is 9.00. The molecule has 2 N–H and O–H groups in total. The fourth-order valence-corrected chi connectivity index (χ4v) is 2.69. The van der Waals surface area contributed by atoms with Crippen molar-refractivity contribution in [3.8, 4) is 0 Å². The first-order chi connectivity index (χ1) is 10.2. The fraction of sp³-hybridized carbons (Fsp3) is 0.368. The van der Waals surface area contributed by atoms with Crippen LogP contribution in [0.1, 0.15) is 42.5 Å². The Labute approximate surface area is 127 Å². The van der Waals surface area contributed by atoms with Crippen molar-refractivity contribution in [2.45, 2.75) is 38.8 Å². The predicted octanol–water partition coefficient (Wildman–Crippen LogP) is 3.84. The molecule has 0 spiro atoms. The lowest BCUT2D eigenvalue weighted by Gasteiger charge is -2.25. The maximum atomic E-state index is 9.00. The Morgan fingerprint density at radius 2 is 1.67 bits per heavy atom. The second-order valence-corrected chi connectivity index (χ2v) is 5.63. The van der Waals surface area contributed by atoms with Crippen LogP contribution >= 0.6 is 0 Å². The summed E-state index contributed by atoms with van der Waals surface area (Å²) in [7, 11) is 0. The first kappa shape index (κ1) is 15.7. The van der Waals surface area contributed by atoms with E-state index in [1.807, 2.05) is 6.07 Å². The van der Waals surface area contributed by atoms with Gasteiger partial charge >= 0.3 is 0 Å². The minimum atomic E-state index is 0.195. The molecule has 21 heavy (non-hydrogen) atoms. The Morgan fingerprint density at radius 1 is 1.00 bits per heavy atom. The lowest BCUT2D eigenvalue weighted by Crippen LogP contribution is -2.31. The number of benzene rings is 2. The van der Waals surface area contributed by atoms with Gasteiger partial charge in [-0.2, -0.15) is 0 Å². The highest BCUT2D eigenvalue weighted by Crippen LogP contribution is 2.25. The Morgan fingerprint density at radius 3 is 2.33 bits per heavy atom. The second kappa shape index (κ2) is 7.96. The molecule has 0 radical (unpaired) electrons. The standard InChI is InChI=1S/C19H25NO/c1-15-9-6-7-13-18(15)19(17-11-4-3-5-12-17)20-16(2)10-8-14-21/h3-7,9,11-13,16,19-21H,8,10,14H2,1-2H3. The van der Waals surface area contributed by atoms with E-state index in [9.17, 15) is 0 Å². The number of aliphatic hydroxyl groups is 1. The summed E-state index contributed by atoms with van der Waals surface area (Å²) in [5.74, 6) is 0. The van der Waals surface area contributed by atoms with Gasteiger partial charge in [-0.15, -0.1) is 0 Å². The van der Waals surface area contributed by atoms with Gasteiger partial charge in [-0.05, 0) is 43.4 Å². The number of nitrogens with one attached hydrogen (secondary N) is 1. The molecule has 112 valence electrons. The minimum absolute atomic E-state index is 0.195. The molecule has 0 saturated heterocycles. The molecule has 0 aromatic heterocycles. The molecule has 0 amide bonds. The molecule has 0 saturated carbocycles. The molecule has 2 rings (SSSR count). The Bertz CT molecular complexity index is 538. The van der Waals surface area contributed by atoms with Crippen molar-refractivity contribution in [3.63, 3.8) is 0 Å². The molecule has 2 heteroatoms. The van der Waals surface area contributed by atoms with Crippen molar-refractivity contribution < 1.29 is 5.11 Å². The average molecular weight is 283 g/mol. The number of hydrogen-bond donors (Lipinski definition) is 2. The number of aliphatic hydroxyl groups excluding tert-OH is 1. The molecule has 0 heterocycles. The van der Waals surface area contributed by atoms with E-state index in [1.54, 1.807) is 0 Å². The van der Waals surface area contributed by atoms with Crippen LogP contribution in [-0.2, 0) is 0 Å². The summed E-state index contributed by atoms with van der Waals surface area (Å²) in [5.41, 5.74) is 3.90. The van der Waals surface area contributed by atoms with Gasteiger partial charge in [0, 0.05) is 12.6 Å². The van der Waals surface area contributed by atoms with Gasteiger partial charge in [0.15, 0.2) is 0 Å². The van der Waals surface area contributed by atoms with Crippen LogP contribution in [0, 0.1) is 6.92 Å². The zero-order chi connectivity index (χ0) is 15.1. The van der Waals surface area contributed by atoms with Crippen LogP contribution in [0.2, 0.25) is 0 Å². The van der Waals surface area contributed by atoms with Gasteiger partial charge < -0.3 is 10.4 Å². The van der Waals surface area contributed by atoms with Crippen LogP contribution < -0.4 is 5.32 Å². The van der Waals surface area contributed by atoms with Gasteiger partial charge in [0.2, 0.25) is 0 Å². The summed E-state index contributed by atoms with van der Waals surface area (Å²) in [6, 6.07) is 19.6.